The number of hydrogen-bond donors (Lipinski definition) is 1. The van der Waals surface area contributed by atoms with Gasteiger partial charge in [-0.2, -0.15) is 0 Å². The van der Waals surface area contributed by atoms with Crippen molar-refractivity contribution in [2.75, 3.05) is 25.9 Å². The molecule has 2 aromatic rings. The van der Waals surface area contributed by atoms with Crippen LogP contribution in [0.3, 0.4) is 0 Å². The van der Waals surface area contributed by atoms with E-state index in [1.165, 1.54) is 10.6 Å². The van der Waals surface area contributed by atoms with Crippen molar-refractivity contribution in [2.45, 2.75) is 20.0 Å². The molecule has 0 spiro atoms. The molecule has 1 amide bonds. The Labute approximate surface area is 160 Å². The molecule has 0 atom stereocenters. The molecule has 27 heavy (non-hydrogen) atoms. The van der Waals surface area contributed by atoms with Crippen molar-refractivity contribution in [3.8, 4) is 5.75 Å². The van der Waals surface area contributed by atoms with Crippen LogP contribution < -0.4 is 10.1 Å². The first-order valence-corrected chi connectivity index (χ1v) is 10.6. The van der Waals surface area contributed by atoms with E-state index in [1.807, 2.05) is 12.1 Å². The molecule has 0 aliphatic carbocycles. The van der Waals surface area contributed by atoms with Gasteiger partial charge in [0.2, 0.25) is 10.0 Å². The molecule has 7 nitrogen and oxygen atoms in total. The molecule has 0 saturated heterocycles. The number of benzene rings is 1. The van der Waals surface area contributed by atoms with Crippen molar-refractivity contribution < 1.29 is 17.9 Å². The number of carbonyl (C=O) groups excluding carboxylic acids is 1. The van der Waals surface area contributed by atoms with E-state index in [9.17, 15) is 13.2 Å². The van der Waals surface area contributed by atoms with Crippen LogP contribution in [0, 0.1) is 0 Å². The minimum Gasteiger partial charge on any atom is -0.489 e. The second-order valence-electron chi connectivity index (χ2n) is 6.04. The Morgan fingerprint density at radius 3 is 2.74 bits per heavy atom. The minimum atomic E-state index is -3.20. The summed E-state index contributed by atoms with van der Waals surface area (Å²) in [6.45, 7) is 3.35. The van der Waals surface area contributed by atoms with Gasteiger partial charge in [-0.15, -0.1) is 0 Å². The Balaban J connectivity index is 1.82. The van der Waals surface area contributed by atoms with Crippen molar-refractivity contribution in [3.05, 3.63) is 59.9 Å². The van der Waals surface area contributed by atoms with Crippen LogP contribution in [0.5, 0.6) is 5.75 Å². The van der Waals surface area contributed by atoms with Crippen LogP contribution in [0.15, 0.2) is 48.8 Å². The largest absolute Gasteiger partial charge is 0.489 e. The van der Waals surface area contributed by atoms with Gasteiger partial charge in [-0.3, -0.25) is 9.78 Å². The summed E-state index contributed by atoms with van der Waals surface area (Å²) in [5.74, 6) is 0.380. The van der Waals surface area contributed by atoms with Crippen molar-refractivity contribution in [3.63, 3.8) is 0 Å². The Morgan fingerprint density at radius 2 is 2.07 bits per heavy atom. The summed E-state index contributed by atoms with van der Waals surface area (Å²) in [5, 5.41) is 2.80. The van der Waals surface area contributed by atoms with Crippen LogP contribution in [0.1, 0.15) is 29.3 Å². The summed E-state index contributed by atoms with van der Waals surface area (Å²) in [7, 11) is -3.20. The number of hydrogen-bond acceptors (Lipinski definition) is 5. The van der Waals surface area contributed by atoms with Gasteiger partial charge < -0.3 is 10.1 Å². The molecule has 1 aromatic carbocycles. The first kappa shape index (κ1) is 20.9. The number of amides is 1. The first-order chi connectivity index (χ1) is 12.9. The fourth-order valence-corrected chi connectivity index (χ4v) is 3.42. The van der Waals surface area contributed by atoms with E-state index in [0.29, 0.717) is 44.0 Å². The van der Waals surface area contributed by atoms with E-state index in [-0.39, 0.29) is 5.91 Å². The van der Waals surface area contributed by atoms with Crippen LogP contribution >= 0.6 is 0 Å². The maximum atomic E-state index is 12.3. The predicted molar refractivity (Wildman–Crippen MR) is 104 cm³/mol. The van der Waals surface area contributed by atoms with Gasteiger partial charge >= 0.3 is 0 Å². The molecule has 8 heteroatoms. The fraction of sp³-hybridized carbons (Fsp3) is 0.368. The molecule has 0 aliphatic heterocycles. The first-order valence-electron chi connectivity index (χ1n) is 8.75. The molecule has 1 heterocycles. The third kappa shape index (κ3) is 6.99. The van der Waals surface area contributed by atoms with E-state index >= 15 is 0 Å². The van der Waals surface area contributed by atoms with Gasteiger partial charge in [0, 0.05) is 43.2 Å². The summed E-state index contributed by atoms with van der Waals surface area (Å²) in [5.41, 5.74) is 1.44. The van der Waals surface area contributed by atoms with Gasteiger partial charge in [0.15, 0.2) is 0 Å². The Kier molecular flexibility index (Phi) is 7.75. The number of nitrogens with one attached hydrogen (secondary N) is 1. The van der Waals surface area contributed by atoms with Gasteiger partial charge in [0.25, 0.3) is 5.91 Å². The van der Waals surface area contributed by atoms with Gasteiger partial charge in [-0.1, -0.05) is 19.1 Å². The van der Waals surface area contributed by atoms with E-state index in [0.717, 1.165) is 5.56 Å². The summed E-state index contributed by atoms with van der Waals surface area (Å²) in [4.78, 5) is 16.3. The normalized spacial score (nSPS) is 11.4. The number of nitrogens with zero attached hydrogens (tertiary/aromatic N) is 2. The lowest BCUT2D eigenvalue weighted by molar-refractivity contribution is 0.0952. The van der Waals surface area contributed by atoms with Crippen LogP contribution in [0.25, 0.3) is 0 Å². The molecule has 0 unspecified atom stereocenters. The zero-order valence-electron chi connectivity index (χ0n) is 15.6. The van der Waals surface area contributed by atoms with Gasteiger partial charge in [0.05, 0.1) is 6.26 Å². The smallest absolute Gasteiger partial charge is 0.251 e. The Morgan fingerprint density at radius 1 is 1.26 bits per heavy atom. The zero-order valence-corrected chi connectivity index (χ0v) is 16.4. The monoisotopic (exact) mass is 391 g/mol. The number of aromatic nitrogens is 1. The second-order valence-corrected chi connectivity index (χ2v) is 8.02. The highest BCUT2D eigenvalue weighted by Crippen LogP contribution is 2.15. The molecule has 1 aromatic heterocycles. The molecule has 0 saturated carbocycles. The molecule has 1 N–H and O–H groups in total. The van der Waals surface area contributed by atoms with E-state index in [2.05, 4.69) is 10.3 Å². The minimum absolute atomic E-state index is 0.218. The molecule has 0 fully saturated rings. The average Bonchev–Trinajstić information content (AvgIpc) is 2.66. The van der Waals surface area contributed by atoms with E-state index in [4.69, 9.17) is 4.74 Å². The van der Waals surface area contributed by atoms with Crippen molar-refractivity contribution in [2.24, 2.45) is 0 Å². The third-order valence-corrected chi connectivity index (χ3v) is 5.29. The van der Waals surface area contributed by atoms with Gasteiger partial charge in [-0.25, -0.2) is 12.7 Å². The molecule has 2 rings (SSSR count). The third-order valence-electron chi connectivity index (χ3n) is 3.92. The van der Waals surface area contributed by atoms with Crippen LogP contribution in [0.2, 0.25) is 0 Å². The summed E-state index contributed by atoms with van der Waals surface area (Å²) < 4.78 is 30.1. The number of rotatable bonds is 10. The Bertz CT molecular complexity index is 841. The van der Waals surface area contributed by atoms with Gasteiger partial charge in [-0.05, 0) is 30.7 Å². The number of ether oxygens (including phenoxy) is 1. The lowest BCUT2D eigenvalue weighted by Crippen LogP contribution is -2.33. The number of carbonyl (C=O) groups is 1. The lowest BCUT2D eigenvalue weighted by Gasteiger charge is -2.17. The topological polar surface area (TPSA) is 88.6 Å². The zero-order chi connectivity index (χ0) is 19.7. The highest BCUT2D eigenvalue weighted by molar-refractivity contribution is 7.88. The molecule has 0 aliphatic rings. The van der Waals surface area contributed by atoms with Crippen LogP contribution in [-0.4, -0.2) is 49.5 Å². The number of pyridine rings is 1. The fourth-order valence-electron chi connectivity index (χ4n) is 2.50. The summed E-state index contributed by atoms with van der Waals surface area (Å²) >= 11 is 0. The van der Waals surface area contributed by atoms with Gasteiger partial charge in [0.1, 0.15) is 12.4 Å². The highest BCUT2D eigenvalue weighted by atomic mass is 32.2. The molecule has 146 valence electrons. The SMILES string of the molecule is CCN(CCCNC(=O)c1cccc(OCc2cccnc2)c1)S(C)(=O)=O. The molecule has 0 bridgehead atoms. The summed E-state index contributed by atoms with van der Waals surface area (Å²) in [6, 6.07) is 10.7. The lowest BCUT2D eigenvalue weighted by atomic mass is 10.2. The number of sulfonamides is 1. The van der Waals surface area contributed by atoms with Crippen LogP contribution in [0.4, 0.5) is 0 Å². The Hall–Kier alpha value is -2.45. The predicted octanol–water partition coefficient (Wildman–Crippen LogP) is 2.06. The van der Waals surface area contributed by atoms with Crippen molar-refractivity contribution in [1.29, 1.82) is 0 Å². The maximum Gasteiger partial charge on any atom is 0.251 e. The standard InChI is InChI=1S/C19H25N3O4S/c1-3-22(27(2,24)25)12-6-11-21-19(23)17-8-4-9-18(13-17)26-15-16-7-5-10-20-14-16/h4-5,7-10,13-14H,3,6,11-12,15H2,1-2H3,(H,21,23). The van der Waals surface area contributed by atoms with Crippen molar-refractivity contribution in [1.82, 2.24) is 14.6 Å². The maximum absolute atomic E-state index is 12.3. The quantitative estimate of drug-likeness (QED) is 0.626. The van der Waals surface area contributed by atoms with Crippen molar-refractivity contribution >= 4 is 15.9 Å². The molecular formula is C19H25N3O4S. The van der Waals surface area contributed by atoms with Crippen LogP contribution in [-0.2, 0) is 16.6 Å². The summed E-state index contributed by atoms with van der Waals surface area (Å²) in [6.07, 6.45) is 5.16. The molecule has 0 radical (unpaired) electrons. The molecular weight excluding hydrogens is 366 g/mol. The van der Waals surface area contributed by atoms with E-state index in [1.54, 1.807) is 43.6 Å². The van der Waals surface area contributed by atoms with E-state index < -0.39 is 10.0 Å². The highest BCUT2D eigenvalue weighted by Gasteiger charge is 2.13. The average molecular weight is 391 g/mol. The second kappa shape index (κ2) is 10.0.